The molecule has 10 heteroatoms. The monoisotopic (exact) mass is 397 g/mol. The summed E-state index contributed by atoms with van der Waals surface area (Å²) in [6, 6.07) is 1.06. The van der Waals surface area contributed by atoms with Crippen LogP contribution in [0.2, 0.25) is 0 Å². The molecule has 0 unspecified atom stereocenters. The number of hydrogen-bond acceptors (Lipinski definition) is 5. The number of halogens is 3. The third-order valence-corrected chi connectivity index (χ3v) is 5.50. The standard InChI is InChI=1S/C18H22F3N5O2/c19-18(20,21)15-10-14(24-17-22-11-23-26(15)17)12-4-6-25(7-5-12)16(27)9-13-3-1-2-8-28-13/h10-13H,1-9H2/t13-/m0/s1. The normalized spacial score (nSPS) is 22.0. The van der Waals surface area contributed by atoms with Crippen molar-refractivity contribution in [3.8, 4) is 0 Å². The number of likely N-dealkylation sites (tertiary alicyclic amines) is 1. The molecule has 0 N–H and O–H groups in total. The maximum absolute atomic E-state index is 13.4. The second-order valence-electron chi connectivity index (χ2n) is 7.38. The van der Waals surface area contributed by atoms with Gasteiger partial charge in [0.15, 0.2) is 5.69 Å². The number of nitrogens with zero attached hydrogens (tertiary/aromatic N) is 5. The van der Waals surface area contributed by atoms with Crippen LogP contribution in [0.25, 0.3) is 5.78 Å². The summed E-state index contributed by atoms with van der Waals surface area (Å²) in [6.45, 7) is 1.73. The predicted octanol–water partition coefficient (Wildman–Crippen LogP) is 2.81. The number of hydrogen-bond donors (Lipinski definition) is 0. The molecule has 1 atom stereocenters. The first kappa shape index (κ1) is 19.1. The molecule has 2 aliphatic heterocycles. The molecule has 2 aromatic rings. The lowest BCUT2D eigenvalue weighted by Crippen LogP contribution is -2.40. The van der Waals surface area contributed by atoms with Gasteiger partial charge >= 0.3 is 6.18 Å². The van der Waals surface area contributed by atoms with E-state index >= 15 is 0 Å². The highest BCUT2D eigenvalue weighted by Crippen LogP contribution is 2.33. The Balaban J connectivity index is 1.43. The third-order valence-electron chi connectivity index (χ3n) is 5.50. The smallest absolute Gasteiger partial charge is 0.378 e. The predicted molar refractivity (Wildman–Crippen MR) is 92.5 cm³/mol. The maximum Gasteiger partial charge on any atom is 0.433 e. The van der Waals surface area contributed by atoms with Crippen molar-refractivity contribution in [3.05, 3.63) is 23.8 Å². The lowest BCUT2D eigenvalue weighted by molar-refractivity contribution is -0.142. The fourth-order valence-electron chi connectivity index (χ4n) is 3.96. The van der Waals surface area contributed by atoms with E-state index in [4.69, 9.17) is 4.74 Å². The molecule has 2 fully saturated rings. The van der Waals surface area contributed by atoms with Crippen LogP contribution in [0.5, 0.6) is 0 Å². The van der Waals surface area contributed by atoms with Crippen molar-refractivity contribution >= 4 is 11.7 Å². The minimum absolute atomic E-state index is 0.00895. The van der Waals surface area contributed by atoms with E-state index in [-0.39, 0.29) is 23.7 Å². The van der Waals surface area contributed by atoms with Crippen molar-refractivity contribution in [1.29, 1.82) is 0 Å². The second-order valence-corrected chi connectivity index (χ2v) is 7.38. The van der Waals surface area contributed by atoms with Crippen LogP contribution in [0.1, 0.15) is 55.8 Å². The Morgan fingerprint density at radius 3 is 2.68 bits per heavy atom. The highest BCUT2D eigenvalue weighted by atomic mass is 19.4. The van der Waals surface area contributed by atoms with Gasteiger partial charge in [0.05, 0.1) is 12.5 Å². The number of carbonyl (C=O) groups excluding carboxylic acids is 1. The van der Waals surface area contributed by atoms with Crippen LogP contribution in [0.3, 0.4) is 0 Å². The molecule has 28 heavy (non-hydrogen) atoms. The first-order valence-electron chi connectivity index (χ1n) is 9.59. The van der Waals surface area contributed by atoms with E-state index in [1.165, 1.54) is 0 Å². The molecular weight excluding hydrogens is 375 g/mol. The highest BCUT2D eigenvalue weighted by Gasteiger charge is 2.36. The first-order chi connectivity index (χ1) is 13.4. The summed E-state index contributed by atoms with van der Waals surface area (Å²) in [5, 5.41) is 3.62. The quantitative estimate of drug-likeness (QED) is 0.796. The van der Waals surface area contributed by atoms with Crippen molar-refractivity contribution in [2.24, 2.45) is 0 Å². The van der Waals surface area contributed by atoms with Crippen LogP contribution < -0.4 is 0 Å². The number of rotatable bonds is 3. The molecule has 2 saturated heterocycles. The molecular formula is C18H22F3N5O2. The van der Waals surface area contributed by atoms with E-state index < -0.39 is 11.9 Å². The molecule has 0 aliphatic carbocycles. The lowest BCUT2D eigenvalue weighted by atomic mass is 9.92. The topological polar surface area (TPSA) is 72.6 Å². The van der Waals surface area contributed by atoms with Crippen molar-refractivity contribution in [1.82, 2.24) is 24.5 Å². The largest absolute Gasteiger partial charge is 0.433 e. The van der Waals surface area contributed by atoms with Crippen LogP contribution in [0, 0.1) is 0 Å². The van der Waals surface area contributed by atoms with Crippen molar-refractivity contribution in [3.63, 3.8) is 0 Å². The number of fused-ring (bicyclic) bond motifs is 1. The molecule has 7 nitrogen and oxygen atoms in total. The van der Waals surface area contributed by atoms with Gasteiger partial charge in [-0.3, -0.25) is 4.79 Å². The van der Waals surface area contributed by atoms with E-state index in [9.17, 15) is 18.0 Å². The molecule has 4 rings (SSSR count). The van der Waals surface area contributed by atoms with Crippen molar-refractivity contribution in [2.75, 3.05) is 19.7 Å². The Labute approximate surface area is 159 Å². The van der Waals surface area contributed by atoms with Crippen molar-refractivity contribution < 1.29 is 22.7 Å². The van der Waals surface area contributed by atoms with E-state index in [0.29, 0.717) is 49.2 Å². The van der Waals surface area contributed by atoms with E-state index in [1.807, 2.05) is 0 Å². The third kappa shape index (κ3) is 3.96. The van der Waals surface area contributed by atoms with Crippen LogP contribution >= 0.6 is 0 Å². The van der Waals surface area contributed by atoms with Crippen LogP contribution in [-0.2, 0) is 15.7 Å². The molecule has 0 radical (unpaired) electrons. The zero-order valence-corrected chi connectivity index (χ0v) is 15.4. The average Bonchev–Trinajstić information content (AvgIpc) is 3.16. The number of ether oxygens (including phenoxy) is 1. The molecule has 4 heterocycles. The zero-order chi connectivity index (χ0) is 19.7. The highest BCUT2D eigenvalue weighted by molar-refractivity contribution is 5.76. The fraction of sp³-hybridized carbons (Fsp3) is 0.667. The Hall–Kier alpha value is -2.23. The summed E-state index contributed by atoms with van der Waals surface area (Å²) >= 11 is 0. The summed E-state index contributed by atoms with van der Waals surface area (Å²) < 4.78 is 46.4. The van der Waals surface area contributed by atoms with Crippen molar-refractivity contribution in [2.45, 2.75) is 56.7 Å². The molecule has 0 spiro atoms. The minimum Gasteiger partial charge on any atom is -0.378 e. The van der Waals surface area contributed by atoms with E-state index in [0.717, 1.165) is 31.7 Å². The number of carbonyl (C=O) groups is 1. The number of alkyl halides is 3. The van der Waals surface area contributed by atoms with Gasteiger partial charge in [-0.25, -0.2) is 4.98 Å². The van der Waals surface area contributed by atoms with Gasteiger partial charge in [-0.15, -0.1) is 0 Å². The summed E-state index contributed by atoms with van der Waals surface area (Å²) in [5.74, 6) is -0.141. The number of aromatic nitrogens is 4. The molecule has 1 amide bonds. The van der Waals surface area contributed by atoms with Crippen LogP contribution in [0.4, 0.5) is 13.2 Å². The minimum atomic E-state index is -4.54. The molecule has 0 saturated carbocycles. The average molecular weight is 397 g/mol. The summed E-state index contributed by atoms with van der Waals surface area (Å²) in [5.41, 5.74) is -0.520. The SMILES string of the molecule is O=C(C[C@@H]1CCCCO1)N1CCC(c2cc(C(F)(F)F)n3ncnc3n2)CC1. The first-order valence-corrected chi connectivity index (χ1v) is 9.59. The Morgan fingerprint density at radius 1 is 1.21 bits per heavy atom. The van der Waals surface area contributed by atoms with Gasteiger partial charge in [0.1, 0.15) is 6.33 Å². The van der Waals surface area contributed by atoms with Gasteiger partial charge in [0.25, 0.3) is 5.78 Å². The zero-order valence-electron chi connectivity index (χ0n) is 15.4. The molecule has 152 valence electrons. The van der Waals surface area contributed by atoms with Gasteiger partial charge in [0, 0.05) is 31.3 Å². The Morgan fingerprint density at radius 2 is 2.00 bits per heavy atom. The molecule has 2 aliphatic rings. The Bertz CT molecular complexity index is 839. The lowest BCUT2D eigenvalue weighted by Gasteiger charge is -2.33. The van der Waals surface area contributed by atoms with Crippen LogP contribution in [0.15, 0.2) is 12.4 Å². The van der Waals surface area contributed by atoms with E-state index in [1.54, 1.807) is 4.90 Å². The van der Waals surface area contributed by atoms with Gasteiger partial charge in [0.2, 0.25) is 5.91 Å². The maximum atomic E-state index is 13.4. The Kier molecular flexibility index (Phi) is 5.22. The number of amides is 1. The summed E-state index contributed by atoms with van der Waals surface area (Å²) in [7, 11) is 0. The van der Waals surface area contributed by atoms with Gasteiger partial charge in [-0.1, -0.05) is 0 Å². The fourth-order valence-corrected chi connectivity index (χ4v) is 3.96. The summed E-state index contributed by atoms with van der Waals surface area (Å²) in [4.78, 5) is 22.4. The molecule has 0 bridgehead atoms. The second kappa shape index (κ2) is 7.65. The molecule has 2 aromatic heterocycles. The van der Waals surface area contributed by atoms with E-state index in [2.05, 4.69) is 15.1 Å². The summed E-state index contributed by atoms with van der Waals surface area (Å²) in [6.07, 6.45) is 1.08. The molecule has 0 aromatic carbocycles. The van der Waals surface area contributed by atoms with Gasteiger partial charge < -0.3 is 9.64 Å². The van der Waals surface area contributed by atoms with Gasteiger partial charge in [-0.05, 0) is 38.2 Å². The van der Waals surface area contributed by atoms with Gasteiger partial charge in [-0.2, -0.15) is 27.8 Å². The van der Waals surface area contributed by atoms with Crippen LogP contribution in [-0.4, -0.2) is 56.2 Å². The number of piperidine rings is 1.